The van der Waals surface area contributed by atoms with Crippen molar-refractivity contribution in [3.05, 3.63) is 47.4 Å². The maximum absolute atomic E-state index is 10.9. The highest BCUT2D eigenvalue weighted by atomic mass is 32.2. The predicted molar refractivity (Wildman–Crippen MR) is 60.3 cm³/mol. The van der Waals surface area contributed by atoms with Gasteiger partial charge in [-0.25, -0.2) is 0 Å². The van der Waals surface area contributed by atoms with Gasteiger partial charge in [-0.2, -0.15) is 0 Å². The molecular formula is C12H12OS. The van der Waals surface area contributed by atoms with Gasteiger partial charge < -0.3 is 4.79 Å². The van der Waals surface area contributed by atoms with Crippen molar-refractivity contribution in [3.63, 3.8) is 0 Å². The Bertz CT molecular complexity index is 331. The molecule has 0 spiro atoms. The Hall–Kier alpha value is -1.02. The summed E-state index contributed by atoms with van der Waals surface area (Å²) < 4.78 is 0. The second-order valence-corrected chi connectivity index (χ2v) is 4.34. The second-order valence-electron chi connectivity index (χ2n) is 3.40. The minimum atomic E-state index is 0.132. The average molecular weight is 204 g/mol. The number of aldehydes is 1. The van der Waals surface area contributed by atoms with E-state index in [0.717, 1.165) is 12.0 Å². The zero-order valence-corrected chi connectivity index (χ0v) is 8.61. The van der Waals surface area contributed by atoms with Crippen LogP contribution in [0.2, 0.25) is 0 Å². The summed E-state index contributed by atoms with van der Waals surface area (Å²) in [4.78, 5) is 10.9. The van der Waals surface area contributed by atoms with Crippen molar-refractivity contribution in [1.82, 2.24) is 0 Å². The van der Waals surface area contributed by atoms with Crippen molar-refractivity contribution in [2.45, 2.75) is 5.92 Å². The van der Waals surface area contributed by atoms with Gasteiger partial charge in [-0.1, -0.05) is 36.4 Å². The Kier molecular flexibility index (Phi) is 3.04. The molecule has 72 valence electrons. The summed E-state index contributed by atoms with van der Waals surface area (Å²) >= 11 is 1.71. The highest BCUT2D eigenvalue weighted by Crippen LogP contribution is 2.32. The first kappa shape index (κ1) is 9.53. The number of rotatable bonds is 2. The number of carbonyl (C=O) groups excluding carboxylic acids is 1. The molecule has 0 saturated heterocycles. The molecule has 2 rings (SSSR count). The lowest BCUT2D eigenvalue weighted by Gasteiger charge is -2.22. The van der Waals surface area contributed by atoms with Crippen LogP contribution in [0.4, 0.5) is 0 Å². The predicted octanol–water partition coefficient (Wildman–Crippen LogP) is 2.85. The standard InChI is InChI=1S/C12H12OS/c13-8-11-9-14-7-6-12(11)10-4-2-1-3-5-10/h1-8,11-12H,9H2/t11-,12-/m1/s1. The summed E-state index contributed by atoms with van der Waals surface area (Å²) in [5.41, 5.74) is 1.24. The Morgan fingerprint density at radius 3 is 2.79 bits per heavy atom. The summed E-state index contributed by atoms with van der Waals surface area (Å²) in [6.45, 7) is 0. The van der Waals surface area contributed by atoms with E-state index in [9.17, 15) is 4.79 Å². The van der Waals surface area contributed by atoms with E-state index in [1.54, 1.807) is 11.8 Å². The maximum atomic E-state index is 10.9. The van der Waals surface area contributed by atoms with Crippen LogP contribution in [0.3, 0.4) is 0 Å². The lowest BCUT2D eigenvalue weighted by Crippen LogP contribution is -2.17. The minimum absolute atomic E-state index is 0.132. The molecule has 0 aromatic heterocycles. The van der Waals surface area contributed by atoms with Crippen LogP contribution in [0, 0.1) is 5.92 Å². The zero-order chi connectivity index (χ0) is 9.80. The molecule has 0 unspecified atom stereocenters. The van der Waals surface area contributed by atoms with Crippen LogP contribution in [-0.4, -0.2) is 12.0 Å². The molecule has 1 aliphatic heterocycles. The molecule has 0 fully saturated rings. The van der Waals surface area contributed by atoms with Crippen molar-refractivity contribution in [2.24, 2.45) is 5.92 Å². The Labute approximate surface area is 88.2 Å². The highest BCUT2D eigenvalue weighted by Gasteiger charge is 2.22. The smallest absolute Gasteiger partial charge is 0.124 e. The first-order valence-corrected chi connectivity index (χ1v) is 5.75. The summed E-state index contributed by atoms with van der Waals surface area (Å²) in [5.74, 6) is 1.31. The van der Waals surface area contributed by atoms with Crippen LogP contribution in [0.25, 0.3) is 0 Å². The van der Waals surface area contributed by atoms with Crippen LogP contribution < -0.4 is 0 Å². The van der Waals surface area contributed by atoms with Crippen molar-refractivity contribution in [3.8, 4) is 0 Å². The van der Waals surface area contributed by atoms with Gasteiger partial charge in [-0.15, -0.1) is 11.8 Å². The van der Waals surface area contributed by atoms with E-state index in [0.29, 0.717) is 0 Å². The highest BCUT2D eigenvalue weighted by molar-refractivity contribution is 8.02. The molecule has 0 saturated carbocycles. The quantitative estimate of drug-likeness (QED) is 0.689. The average Bonchev–Trinajstić information content (AvgIpc) is 2.30. The van der Waals surface area contributed by atoms with Crippen LogP contribution in [0.5, 0.6) is 0 Å². The molecular weight excluding hydrogens is 192 g/mol. The van der Waals surface area contributed by atoms with E-state index < -0.39 is 0 Å². The molecule has 1 aromatic rings. The molecule has 1 nitrogen and oxygen atoms in total. The number of hydrogen-bond donors (Lipinski definition) is 0. The topological polar surface area (TPSA) is 17.1 Å². The molecule has 0 radical (unpaired) electrons. The zero-order valence-electron chi connectivity index (χ0n) is 7.80. The molecule has 2 atom stereocenters. The minimum Gasteiger partial charge on any atom is -0.303 e. The molecule has 14 heavy (non-hydrogen) atoms. The Morgan fingerprint density at radius 1 is 1.29 bits per heavy atom. The van der Waals surface area contributed by atoms with Gasteiger partial charge in [-0.3, -0.25) is 0 Å². The first-order chi connectivity index (χ1) is 6.92. The molecule has 0 bridgehead atoms. The van der Waals surface area contributed by atoms with E-state index >= 15 is 0 Å². The SMILES string of the molecule is O=C[C@@H]1CSC=C[C@@H]1c1ccccc1. The molecule has 1 heterocycles. The monoisotopic (exact) mass is 204 g/mol. The van der Waals surface area contributed by atoms with Gasteiger partial charge in [-0.05, 0) is 11.0 Å². The summed E-state index contributed by atoms with van der Waals surface area (Å²) in [6, 6.07) is 10.2. The van der Waals surface area contributed by atoms with Gasteiger partial charge in [0, 0.05) is 17.6 Å². The fourth-order valence-electron chi connectivity index (χ4n) is 1.71. The fraction of sp³-hybridized carbons (Fsp3) is 0.250. The fourth-order valence-corrected chi connectivity index (χ4v) is 2.61. The van der Waals surface area contributed by atoms with Crippen LogP contribution in [-0.2, 0) is 4.79 Å². The van der Waals surface area contributed by atoms with Gasteiger partial charge >= 0.3 is 0 Å². The molecule has 0 amide bonds. The van der Waals surface area contributed by atoms with Gasteiger partial charge in [0.1, 0.15) is 6.29 Å². The first-order valence-electron chi connectivity index (χ1n) is 4.70. The van der Waals surface area contributed by atoms with E-state index in [1.807, 2.05) is 18.2 Å². The summed E-state index contributed by atoms with van der Waals surface area (Å²) in [6.07, 6.45) is 3.21. The molecule has 1 aromatic carbocycles. The van der Waals surface area contributed by atoms with E-state index in [1.165, 1.54) is 5.56 Å². The lowest BCUT2D eigenvalue weighted by molar-refractivity contribution is -0.110. The number of carbonyl (C=O) groups is 1. The lowest BCUT2D eigenvalue weighted by atomic mass is 9.88. The van der Waals surface area contributed by atoms with E-state index in [4.69, 9.17) is 0 Å². The van der Waals surface area contributed by atoms with Gasteiger partial charge in [0.05, 0.1) is 0 Å². The van der Waals surface area contributed by atoms with Crippen molar-refractivity contribution >= 4 is 18.0 Å². The summed E-state index contributed by atoms with van der Waals surface area (Å²) in [7, 11) is 0. The molecule has 0 aliphatic carbocycles. The molecule has 2 heteroatoms. The van der Waals surface area contributed by atoms with Crippen LogP contribution in [0.15, 0.2) is 41.8 Å². The van der Waals surface area contributed by atoms with E-state index in [2.05, 4.69) is 23.6 Å². The van der Waals surface area contributed by atoms with Gasteiger partial charge in [0.15, 0.2) is 0 Å². The van der Waals surface area contributed by atoms with Crippen molar-refractivity contribution < 1.29 is 4.79 Å². The van der Waals surface area contributed by atoms with Gasteiger partial charge in [0.2, 0.25) is 0 Å². The largest absolute Gasteiger partial charge is 0.303 e. The summed E-state index contributed by atoms with van der Waals surface area (Å²) in [5, 5.41) is 2.09. The third kappa shape index (κ3) is 1.90. The Balaban J connectivity index is 2.27. The van der Waals surface area contributed by atoms with Crippen LogP contribution >= 0.6 is 11.8 Å². The number of hydrogen-bond acceptors (Lipinski definition) is 2. The van der Waals surface area contributed by atoms with E-state index in [-0.39, 0.29) is 11.8 Å². The maximum Gasteiger partial charge on any atom is 0.124 e. The normalized spacial score (nSPS) is 26.0. The number of benzene rings is 1. The van der Waals surface area contributed by atoms with Crippen molar-refractivity contribution in [2.75, 3.05) is 5.75 Å². The Morgan fingerprint density at radius 2 is 2.07 bits per heavy atom. The molecule has 1 aliphatic rings. The number of thioether (sulfide) groups is 1. The third-order valence-corrected chi connectivity index (χ3v) is 3.42. The van der Waals surface area contributed by atoms with Gasteiger partial charge in [0.25, 0.3) is 0 Å². The molecule has 0 N–H and O–H groups in total. The van der Waals surface area contributed by atoms with Crippen LogP contribution in [0.1, 0.15) is 11.5 Å². The van der Waals surface area contributed by atoms with Crippen molar-refractivity contribution in [1.29, 1.82) is 0 Å². The number of allylic oxidation sites excluding steroid dienone is 1. The third-order valence-electron chi connectivity index (χ3n) is 2.49. The second kappa shape index (κ2) is 4.47.